The molecule has 1 amide bonds. The van der Waals surface area contributed by atoms with Gasteiger partial charge >= 0.3 is 0 Å². The second-order valence-electron chi connectivity index (χ2n) is 7.88. The van der Waals surface area contributed by atoms with Crippen LogP contribution in [-0.4, -0.2) is 52.8 Å². The molecule has 0 bridgehead atoms. The first-order valence-corrected chi connectivity index (χ1v) is 10.0. The molecule has 1 saturated heterocycles. The monoisotopic (exact) mass is 382 g/mol. The highest BCUT2D eigenvalue weighted by Crippen LogP contribution is 2.26. The van der Waals surface area contributed by atoms with Crippen molar-refractivity contribution in [3.05, 3.63) is 65.2 Å². The molecule has 0 saturated carbocycles. The third-order valence-corrected chi connectivity index (χ3v) is 5.51. The van der Waals surface area contributed by atoms with E-state index in [0.29, 0.717) is 18.5 Å². The number of benzene rings is 2. The zero-order chi connectivity index (χ0) is 20.0. The smallest absolute Gasteiger partial charge is 0.251 e. The molecule has 0 atom stereocenters. The maximum atomic E-state index is 12.0. The normalized spacial score (nSPS) is 16.6. The summed E-state index contributed by atoms with van der Waals surface area (Å²) in [6, 6.07) is 14.7. The second kappa shape index (κ2) is 9.22. The maximum Gasteiger partial charge on any atom is 0.251 e. The Morgan fingerprint density at radius 1 is 1.07 bits per heavy atom. The van der Waals surface area contributed by atoms with E-state index in [4.69, 9.17) is 0 Å². The van der Waals surface area contributed by atoms with Crippen molar-refractivity contribution < 1.29 is 15.0 Å². The Bertz CT molecular complexity index is 763. The zero-order valence-corrected chi connectivity index (χ0v) is 16.5. The van der Waals surface area contributed by atoms with E-state index in [2.05, 4.69) is 41.4 Å². The lowest BCUT2D eigenvalue weighted by atomic mass is 9.85. The van der Waals surface area contributed by atoms with Crippen molar-refractivity contribution in [1.29, 1.82) is 0 Å². The largest absolute Gasteiger partial charge is 0.508 e. The van der Waals surface area contributed by atoms with Gasteiger partial charge in [-0.05, 0) is 62.6 Å². The van der Waals surface area contributed by atoms with E-state index < -0.39 is 5.60 Å². The average Bonchev–Trinajstić information content (AvgIpc) is 2.69. The number of aromatic hydroxyl groups is 1. The van der Waals surface area contributed by atoms with Crippen molar-refractivity contribution in [3.63, 3.8) is 0 Å². The van der Waals surface area contributed by atoms with Gasteiger partial charge in [0.2, 0.25) is 0 Å². The first-order valence-electron chi connectivity index (χ1n) is 10.0. The van der Waals surface area contributed by atoms with Gasteiger partial charge in [0.1, 0.15) is 5.75 Å². The predicted molar refractivity (Wildman–Crippen MR) is 111 cm³/mol. The molecule has 1 fully saturated rings. The predicted octanol–water partition coefficient (Wildman–Crippen LogP) is 2.89. The molecular weight excluding hydrogens is 352 g/mol. The lowest BCUT2D eigenvalue weighted by molar-refractivity contribution is -0.0206. The molecule has 0 aromatic heterocycles. The summed E-state index contributed by atoms with van der Waals surface area (Å²) >= 11 is 0. The number of nitrogens with zero attached hydrogens (tertiary/aromatic N) is 1. The second-order valence-corrected chi connectivity index (χ2v) is 7.88. The Kier molecular flexibility index (Phi) is 6.70. The van der Waals surface area contributed by atoms with Gasteiger partial charge in [-0.15, -0.1) is 0 Å². The van der Waals surface area contributed by atoms with Crippen LogP contribution in [0.1, 0.15) is 40.7 Å². The summed E-state index contributed by atoms with van der Waals surface area (Å²) in [5.74, 6) is 0.0371. The fourth-order valence-corrected chi connectivity index (χ4v) is 3.67. The minimum atomic E-state index is -0.612. The number of hydrogen-bond acceptors (Lipinski definition) is 4. The van der Waals surface area contributed by atoms with E-state index in [1.54, 1.807) is 12.1 Å². The van der Waals surface area contributed by atoms with Crippen molar-refractivity contribution >= 4 is 5.91 Å². The number of carbonyl (C=O) groups excluding carboxylic acids is 1. The quantitative estimate of drug-likeness (QED) is 0.644. The van der Waals surface area contributed by atoms with Crippen molar-refractivity contribution in [2.45, 2.75) is 38.2 Å². The Morgan fingerprint density at radius 2 is 1.71 bits per heavy atom. The summed E-state index contributed by atoms with van der Waals surface area (Å²) in [4.78, 5) is 14.4. The lowest BCUT2D eigenvalue weighted by Gasteiger charge is -2.38. The van der Waals surface area contributed by atoms with E-state index in [1.165, 1.54) is 23.3 Å². The third kappa shape index (κ3) is 5.81. The van der Waals surface area contributed by atoms with E-state index in [0.717, 1.165) is 38.9 Å². The van der Waals surface area contributed by atoms with Crippen LogP contribution in [0, 0.1) is 6.92 Å². The molecule has 3 N–H and O–H groups in total. The summed E-state index contributed by atoms with van der Waals surface area (Å²) in [5, 5.41) is 23.1. The average molecular weight is 383 g/mol. The molecule has 1 aliphatic rings. The number of aliphatic hydroxyl groups is 1. The molecule has 0 spiro atoms. The minimum Gasteiger partial charge on any atom is -0.508 e. The van der Waals surface area contributed by atoms with Crippen LogP contribution in [0.5, 0.6) is 5.75 Å². The number of phenols is 1. The van der Waals surface area contributed by atoms with Crippen molar-refractivity contribution in [2.75, 3.05) is 26.2 Å². The number of carbonyl (C=O) groups is 1. The number of hydrogen-bond donors (Lipinski definition) is 3. The molecule has 1 aliphatic heterocycles. The van der Waals surface area contributed by atoms with E-state index >= 15 is 0 Å². The molecule has 0 unspecified atom stereocenters. The number of rotatable bonds is 7. The Morgan fingerprint density at radius 3 is 2.36 bits per heavy atom. The standard InChI is InChI=1S/C23H30N2O3/c1-18-3-5-19(6-4-18)17-23(28)11-15-25(16-12-23)14-2-13-24-22(27)20-7-9-21(26)10-8-20/h3-10,26,28H,2,11-17H2,1H3,(H,24,27). The highest BCUT2D eigenvalue weighted by molar-refractivity contribution is 5.94. The van der Waals surface area contributed by atoms with Crippen LogP contribution >= 0.6 is 0 Å². The van der Waals surface area contributed by atoms with Gasteiger partial charge in [-0.3, -0.25) is 4.79 Å². The van der Waals surface area contributed by atoms with Gasteiger partial charge in [0.05, 0.1) is 5.60 Å². The third-order valence-electron chi connectivity index (χ3n) is 5.51. The summed E-state index contributed by atoms with van der Waals surface area (Å²) in [6.45, 7) is 5.37. The lowest BCUT2D eigenvalue weighted by Crippen LogP contribution is -2.46. The van der Waals surface area contributed by atoms with Crippen LogP contribution in [0.3, 0.4) is 0 Å². The highest BCUT2D eigenvalue weighted by atomic mass is 16.3. The number of piperidine rings is 1. The van der Waals surface area contributed by atoms with Gasteiger partial charge in [0, 0.05) is 31.6 Å². The van der Waals surface area contributed by atoms with E-state index in [9.17, 15) is 15.0 Å². The molecule has 1 heterocycles. The number of amides is 1. The number of nitrogens with one attached hydrogen (secondary N) is 1. The van der Waals surface area contributed by atoms with Crippen molar-refractivity contribution in [1.82, 2.24) is 10.2 Å². The number of aryl methyl sites for hydroxylation is 1. The van der Waals surface area contributed by atoms with Crippen LogP contribution in [0.25, 0.3) is 0 Å². The molecular formula is C23H30N2O3. The van der Waals surface area contributed by atoms with Crippen molar-refractivity contribution in [3.8, 4) is 5.75 Å². The van der Waals surface area contributed by atoms with Gasteiger partial charge in [-0.2, -0.15) is 0 Å². The molecule has 3 rings (SSSR count). The van der Waals surface area contributed by atoms with Gasteiger partial charge < -0.3 is 20.4 Å². The van der Waals surface area contributed by atoms with Crippen LogP contribution < -0.4 is 5.32 Å². The Hall–Kier alpha value is -2.37. The van der Waals surface area contributed by atoms with Crippen LogP contribution in [0.4, 0.5) is 0 Å². The van der Waals surface area contributed by atoms with Crippen molar-refractivity contribution in [2.24, 2.45) is 0 Å². The number of likely N-dealkylation sites (tertiary alicyclic amines) is 1. The molecule has 28 heavy (non-hydrogen) atoms. The topological polar surface area (TPSA) is 72.8 Å². The van der Waals surface area contributed by atoms with E-state index in [1.807, 2.05) is 0 Å². The van der Waals surface area contributed by atoms with Crippen LogP contribution in [0.2, 0.25) is 0 Å². The Labute approximate surface area is 167 Å². The van der Waals surface area contributed by atoms with Gasteiger partial charge in [0.15, 0.2) is 0 Å². The van der Waals surface area contributed by atoms with Crippen LogP contribution in [-0.2, 0) is 6.42 Å². The zero-order valence-electron chi connectivity index (χ0n) is 16.5. The van der Waals surface area contributed by atoms with Crippen LogP contribution in [0.15, 0.2) is 48.5 Å². The van der Waals surface area contributed by atoms with Gasteiger partial charge in [0.25, 0.3) is 5.91 Å². The molecule has 2 aromatic carbocycles. The first kappa shape index (κ1) is 20.4. The minimum absolute atomic E-state index is 0.119. The summed E-state index contributed by atoms with van der Waals surface area (Å²) < 4.78 is 0. The maximum absolute atomic E-state index is 12.0. The fraction of sp³-hybridized carbons (Fsp3) is 0.435. The summed E-state index contributed by atoms with van der Waals surface area (Å²) in [6.07, 6.45) is 3.14. The summed E-state index contributed by atoms with van der Waals surface area (Å²) in [7, 11) is 0. The fourth-order valence-electron chi connectivity index (χ4n) is 3.67. The molecule has 2 aromatic rings. The first-order chi connectivity index (χ1) is 13.4. The molecule has 5 heteroatoms. The Balaban J connectivity index is 1.35. The highest BCUT2D eigenvalue weighted by Gasteiger charge is 2.32. The van der Waals surface area contributed by atoms with Gasteiger partial charge in [-0.25, -0.2) is 0 Å². The number of phenolic OH excluding ortho intramolecular Hbond substituents is 1. The molecule has 0 aliphatic carbocycles. The molecule has 5 nitrogen and oxygen atoms in total. The molecule has 150 valence electrons. The molecule has 0 radical (unpaired) electrons. The van der Waals surface area contributed by atoms with E-state index in [-0.39, 0.29) is 11.7 Å². The SMILES string of the molecule is Cc1ccc(CC2(O)CCN(CCCNC(=O)c3ccc(O)cc3)CC2)cc1. The van der Waals surface area contributed by atoms with Gasteiger partial charge in [-0.1, -0.05) is 29.8 Å². The summed E-state index contributed by atoms with van der Waals surface area (Å²) in [5.41, 5.74) is 2.37.